The summed E-state index contributed by atoms with van der Waals surface area (Å²) in [4.78, 5) is 14.4. The van der Waals surface area contributed by atoms with Gasteiger partial charge in [-0.15, -0.1) is 0 Å². The van der Waals surface area contributed by atoms with Gasteiger partial charge in [0.15, 0.2) is 0 Å². The van der Waals surface area contributed by atoms with Gasteiger partial charge < -0.3 is 10.2 Å². The van der Waals surface area contributed by atoms with Crippen LogP contribution in [0.15, 0.2) is 0 Å². The monoisotopic (exact) mass is 296 g/mol. The van der Waals surface area contributed by atoms with Crippen LogP contribution in [-0.4, -0.2) is 39.7 Å². The van der Waals surface area contributed by atoms with E-state index in [1.165, 1.54) is 0 Å². The van der Waals surface area contributed by atoms with Gasteiger partial charge in [-0.1, -0.05) is 11.6 Å². The van der Waals surface area contributed by atoms with E-state index in [9.17, 15) is 4.79 Å². The maximum Gasteiger partial charge on any atom is 0.223 e. The van der Waals surface area contributed by atoms with Crippen molar-refractivity contribution in [3.8, 4) is 0 Å². The van der Waals surface area contributed by atoms with Crippen molar-refractivity contribution in [2.45, 2.75) is 38.8 Å². The number of halogens is 1. The summed E-state index contributed by atoms with van der Waals surface area (Å²) in [6.45, 7) is 4.56. The van der Waals surface area contributed by atoms with Gasteiger partial charge in [0.05, 0.1) is 12.2 Å². The summed E-state index contributed by atoms with van der Waals surface area (Å²) in [5.41, 5.74) is 1.91. The average molecular weight is 297 g/mol. The lowest BCUT2D eigenvalue weighted by molar-refractivity contribution is -0.140. The number of hydrogen-bond acceptors (Lipinski definition) is 3. The Hall–Kier alpha value is -1.07. The number of nitrogens with zero attached hydrogens (tertiary/aromatic N) is 3. The summed E-state index contributed by atoms with van der Waals surface area (Å²) < 4.78 is 1.68. The molecule has 2 atom stereocenters. The van der Waals surface area contributed by atoms with Gasteiger partial charge in [0, 0.05) is 25.1 Å². The maximum atomic E-state index is 12.3. The normalized spacial score (nSPS) is 26.8. The van der Waals surface area contributed by atoms with E-state index in [2.05, 4.69) is 10.4 Å². The van der Waals surface area contributed by atoms with E-state index in [0.29, 0.717) is 30.1 Å². The van der Waals surface area contributed by atoms with Crippen molar-refractivity contribution < 1.29 is 4.79 Å². The molecule has 3 heterocycles. The first-order chi connectivity index (χ1) is 9.58. The minimum absolute atomic E-state index is 0.257. The minimum atomic E-state index is 0.257. The van der Waals surface area contributed by atoms with E-state index in [4.69, 9.17) is 11.6 Å². The van der Waals surface area contributed by atoms with Crippen LogP contribution in [0.3, 0.4) is 0 Å². The lowest BCUT2D eigenvalue weighted by atomic mass is 9.84. The minimum Gasteiger partial charge on any atom is -0.335 e. The number of hydrogen-bond donors (Lipinski definition) is 1. The maximum absolute atomic E-state index is 12.3. The van der Waals surface area contributed by atoms with Gasteiger partial charge in [0.2, 0.25) is 5.91 Å². The van der Waals surface area contributed by atoms with Crippen LogP contribution in [0.1, 0.15) is 30.5 Å². The van der Waals surface area contributed by atoms with Crippen LogP contribution in [0.5, 0.6) is 0 Å². The van der Waals surface area contributed by atoms with Crippen molar-refractivity contribution in [3.05, 3.63) is 16.4 Å². The van der Waals surface area contributed by atoms with Gasteiger partial charge in [-0.25, -0.2) is 0 Å². The number of carbonyl (C=O) groups excluding carboxylic acids is 1. The average Bonchev–Trinajstić information content (AvgIpc) is 2.68. The van der Waals surface area contributed by atoms with Crippen molar-refractivity contribution >= 4 is 17.5 Å². The van der Waals surface area contributed by atoms with Crippen LogP contribution in [0.2, 0.25) is 5.15 Å². The molecule has 0 spiro atoms. The Balaban J connectivity index is 1.85. The molecule has 6 heteroatoms. The van der Waals surface area contributed by atoms with Crippen molar-refractivity contribution in [2.24, 2.45) is 13.0 Å². The molecule has 5 nitrogen and oxygen atoms in total. The Morgan fingerprint density at radius 1 is 1.45 bits per heavy atom. The molecule has 2 aliphatic heterocycles. The molecule has 1 N–H and O–H groups in total. The smallest absolute Gasteiger partial charge is 0.223 e. The number of aromatic nitrogens is 2. The molecular weight excluding hydrogens is 276 g/mol. The number of carbonyl (C=O) groups is 1. The topological polar surface area (TPSA) is 50.2 Å². The predicted octanol–water partition coefficient (Wildman–Crippen LogP) is 1.48. The third-order valence-electron chi connectivity index (χ3n) is 4.62. The van der Waals surface area contributed by atoms with E-state index in [1.807, 2.05) is 18.9 Å². The Morgan fingerprint density at radius 2 is 2.25 bits per heavy atom. The van der Waals surface area contributed by atoms with Gasteiger partial charge in [0.25, 0.3) is 0 Å². The summed E-state index contributed by atoms with van der Waals surface area (Å²) in [7, 11) is 1.84. The highest BCUT2D eigenvalue weighted by Crippen LogP contribution is 2.31. The number of amides is 1. The van der Waals surface area contributed by atoms with E-state index in [0.717, 1.165) is 37.2 Å². The zero-order valence-electron chi connectivity index (χ0n) is 12.0. The standard InChI is InChI=1S/C14H21ClN4O/c1-9-11(14(15)18(2)17-9)8-19-12-5-6-16-7-10(12)3-4-13(19)20/h10,12,16H,3-8H2,1-2H3. The van der Waals surface area contributed by atoms with Crippen LogP contribution >= 0.6 is 11.6 Å². The Morgan fingerprint density at radius 3 is 2.95 bits per heavy atom. The second kappa shape index (κ2) is 5.37. The molecule has 0 aromatic carbocycles. The molecule has 110 valence electrons. The van der Waals surface area contributed by atoms with E-state index >= 15 is 0 Å². The number of piperidine rings is 2. The number of rotatable bonds is 2. The summed E-state index contributed by atoms with van der Waals surface area (Å²) in [6, 6.07) is 0.355. The molecule has 3 rings (SSSR count). The summed E-state index contributed by atoms with van der Waals surface area (Å²) >= 11 is 6.31. The molecule has 0 saturated carbocycles. The molecule has 0 radical (unpaired) electrons. The van der Waals surface area contributed by atoms with Gasteiger partial charge >= 0.3 is 0 Å². The third kappa shape index (κ3) is 2.33. The fourth-order valence-electron chi connectivity index (χ4n) is 3.48. The molecule has 1 amide bonds. The van der Waals surface area contributed by atoms with E-state index < -0.39 is 0 Å². The van der Waals surface area contributed by atoms with Crippen LogP contribution in [-0.2, 0) is 18.4 Å². The van der Waals surface area contributed by atoms with Crippen molar-refractivity contribution in [1.82, 2.24) is 20.0 Å². The van der Waals surface area contributed by atoms with Crippen LogP contribution < -0.4 is 5.32 Å². The highest BCUT2D eigenvalue weighted by atomic mass is 35.5. The largest absolute Gasteiger partial charge is 0.335 e. The lowest BCUT2D eigenvalue weighted by Crippen LogP contribution is -2.54. The highest BCUT2D eigenvalue weighted by molar-refractivity contribution is 6.30. The summed E-state index contributed by atoms with van der Waals surface area (Å²) in [6.07, 6.45) is 2.69. The Labute approximate surface area is 124 Å². The predicted molar refractivity (Wildman–Crippen MR) is 77.5 cm³/mol. The molecule has 2 unspecified atom stereocenters. The van der Waals surface area contributed by atoms with Gasteiger partial charge in [-0.3, -0.25) is 9.48 Å². The highest BCUT2D eigenvalue weighted by Gasteiger charge is 2.37. The third-order valence-corrected chi connectivity index (χ3v) is 5.09. The first-order valence-corrected chi connectivity index (χ1v) is 7.64. The fraction of sp³-hybridized carbons (Fsp3) is 0.714. The van der Waals surface area contributed by atoms with Crippen molar-refractivity contribution in [1.29, 1.82) is 0 Å². The van der Waals surface area contributed by atoms with Crippen LogP contribution in [0, 0.1) is 12.8 Å². The fourth-order valence-corrected chi connectivity index (χ4v) is 3.71. The molecule has 1 aromatic heterocycles. The summed E-state index contributed by atoms with van der Waals surface area (Å²) in [5.74, 6) is 0.838. The second-order valence-electron chi connectivity index (χ2n) is 5.86. The van der Waals surface area contributed by atoms with Gasteiger partial charge in [-0.05, 0) is 38.8 Å². The van der Waals surface area contributed by atoms with E-state index in [-0.39, 0.29) is 5.91 Å². The Kier molecular flexibility index (Phi) is 3.73. The first-order valence-electron chi connectivity index (χ1n) is 7.26. The summed E-state index contributed by atoms with van der Waals surface area (Å²) in [5, 5.41) is 8.41. The molecule has 2 saturated heterocycles. The van der Waals surface area contributed by atoms with Crippen LogP contribution in [0.25, 0.3) is 0 Å². The zero-order chi connectivity index (χ0) is 14.3. The zero-order valence-corrected chi connectivity index (χ0v) is 12.8. The molecule has 0 aliphatic carbocycles. The number of nitrogens with one attached hydrogen (secondary N) is 1. The molecule has 0 bridgehead atoms. The molecule has 20 heavy (non-hydrogen) atoms. The SMILES string of the molecule is Cc1nn(C)c(Cl)c1CN1C(=O)CCC2CNCCC21. The van der Waals surface area contributed by atoms with Crippen molar-refractivity contribution in [2.75, 3.05) is 13.1 Å². The van der Waals surface area contributed by atoms with Crippen LogP contribution in [0.4, 0.5) is 0 Å². The van der Waals surface area contributed by atoms with Crippen molar-refractivity contribution in [3.63, 3.8) is 0 Å². The Bertz CT molecular complexity index is 527. The quantitative estimate of drug-likeness (QED) is 0.899. The second-order valence-corrected chi connectivity index (χ2v) is 6.22. The lowest BCUT2D eigenvalue weighted by Gasteiger charge is -2.44. The molecular formula is C14H21ClN4O. The number of fused-ring (bicyclic) bond motifs is 1. The molecule has 2 fully saturated rings. The van der Waals surface area contributed by atoms with E-state index in [1.54, 1.807) is 4.68 Å². The number of aryl methyl sites for hydroxylation is 2. The molecule has 1 aromatic rings. The first kappa shape index (κ1) is 13.9. The molecule has 2 aliphatic rings. The number of likely N-dealkylation sites (tertiary alicyclic amines) is 1. The van der Waals surface area contributed by atoms with Gasteiger partial charge in [0.1, 0.15) is 5.15 Å². The van der Waals surface area contributed by atoms with Gasteiger partial charge in [-0.2, -0.15) is 5.10 Å².